The molecule has 2 aromatic carbocycles. The molecule has 2 fully saturated rings. The van der Waals surface area contributed by atoms with Crippen molar-refractivity contribution in [1.29, 1.82) is 0 Å². The van der Waals surface area contributed by atoms with Crippen LogP contribution in [0.3, 0.4) is 0 Å². The van der Waals surface area contributed by atoms with Crippen molar-refractivity contribution in [2.24, 2.45) is 0 Å². The van der Waals surface area contributed by atoms with Crippen LogP contribution in [-0.2, 0) is 20.9 Å². The number of carbonyl (C=O) groups excluding carboxylic acids is 3. The van der Waals surface area contributed by atoms with Gasteiger partial charge < -0.3 is 15.2 Å². The summed E-state index contributed by atoms with van der Waals surface area (Å²) in [4.78, 5) is 58.4. The summed E-state index contributed by atoms with van der Waals surface area (Å²) in [7, 11) is 0. The predicted octanol–water partition coefficient (Wildman–Crippen LogP) is 4.65. The molecule has 2 atom stereocenters. The molecule has 2 N–H and O–H groups in total. The van der Waals surface area contributed by atoms with E-state index < -0.39 is 29.4 Å². The van der Waals surface area contributed by atoms with Crippen molar-refractivity contribution in [3.8, 4) is 0 Å². The average molecular weight is 581 g/mol. The number of carbonyl (C=O) groups is 4. The van der Waals surface area contributed by atoms with Crippen LogP contribution in [0.15, 0.2) is 66.2 Å². The molecule has 1 aromatic heterocycles. The highest BCUT2D eigenvalue weighted by molar-refractivity contribution is 8.00. The number of carboxylic acid groups (broad SMARTS) is 1. The molecular weight excluding hydrogens is 552 g/mol. The molecule has 10 nitrogen and oxygen atoms in total. The normalized spacial score (nSPS) is 18.2. The van der Waals surface area contributed by atoms with E-state index in [1.807, 2.05) is 30.3 Å². The molecule has 3 aromatic rings. The number of ether oxygens (including phenoxy) is 1. The smallest absolute Gasteiger partial charge is 0.411 e. The van der Waals surface area contributed by atoms with Crippen molar-refractivity contribution in [3.05, 3.63) is 77.3 Å². The van der Waals surface area contributed by atoms with E-state index >= 15 is 0 Å². The third kappa shape index (κ3) is 6.62. The fourth-order valence-electron chi connectivity index (χ4n) is 4.33. The van der Waals surface area contributed by atoms with E-state index in [0.717, 1.165) is 18.4 Å². The fourth-order valence-corrected chi connectivity index (χ4v) is 6.38. The number of nitrogens with zero attached hydrogens (tertiary/aromatic N) is 3. The molecule has 40 heavy (non-hydrogen) atoms. The lowest BCUT2D eigenvalue weighted by Gasteiger charge is -2.31. The van der Waals surface area contributed by atoms with Gasteiger partial charge in [-0.05, 0) is 49.1 Å². The molecule has 1 saturated heterocycles. The number of anilines is 2. The number of thiazole rings is 1. The number of carboxylic acids is 1. The second-order valence-electron chi connectivity index (χ2n) is 9.47. The molecule has 3 amide bonds. The molecule has 1 aliphatic carbocycles. The monoisotopic (exact) mass is 580 g/mol. The Kier molecular flexibility index (Phi) is 8.66. The number of nitrogens with one attached hydrogen (secondary N) is 1. The SMILES string of the molecule is O=C(O)CCC1SCC(C(=O)N(c2ccc(C(=O)NC3CC3)cc2)c2nccs2)N1C(=O)OCc1ccccc1. The van der Waals surface area contributed by atoms with Gasteiger partial charge in [0, 0.05) is 35.4 Å². The van der Waals surface area contributed by atoms with Gasteiger partial charge >= 0.3 is 12.1 Å². The third-order valence-corrected chi connectivity index (χ3v) is 8.64. The molecule has 1 saturated carbocycles. The number of hydrogen-bond donors (Lipinski definition) is 2. The molecule has 1 aliphatic heterocycles. The first-order chi connectivity index (χ1) is 19.4. The van der Waals surface area contributed by atoms with Gasteiger partial charge in [-0.3, -0.25) is 24.2 Å². The van der Waals surface area contributed by atoms with Gasteiger partial charge in [0.2, 0.25) is 0 Å². The lowest BCUT2D eigenvalue weighted by Crippen LogP contribution is -2.50. The fraction of sp³-hybridized carbons (Fsp3) is 0.321. The summed E-state index contributed by atoms with van der Waals surface area (Å²) >= 11 is 2.62. The Bertz CT molecular complexity index is 1350. The van der Waals surface area contributed by atoms with Crippen LogP contribution in [0.5, 0.6) is 0 Å². The first kappa shape index (κ1) is 27.7. The summed E-state index contributed by atoms with van der Waals surface area (Å²) in [5.74, 6) is -1.27. The molecule has 208 valence electrons. The van der Waals surface area contributed by atoms with Crippen LogP contribution in [0.1, 0.15) is 41.6 Å². The maximum atomic E-state index is 14.1. The van der Waals surface area contributed by atoms with Crippen molar-refractivity contribution < 1.29 is 29.0 Å². The summed E-state index contributed by atoms with van der Waals surface area (Å²) in [5, 5.41) is 13.8. The van der Waals surface area contributed by atoms with Gasteiger partial charge in [-0.15, -0.1) is 23.1 Å². The quantitative estimate of drug-likeness (QED) is 0.355. The van der Waals surface area contributed by atoms with Gasteiger partial charge in [-0.25, -0.2) is 9.78 Å². The van der Waals surface area contributed by atoms with Crippen LogP contribution in [-0.4, -0.2) is 62.1 Å². The van der Waals surface area contributed by atoms with E-state index in [9.17, 15) is 24.3 Å². The zero-order chi connectivity index (χ0) is 28.1. The standard InChI is InChI=1S/C28H28N4O6S2/c33-24(34)13-12-23-32(28(37)38-16-18-4-2-1-3-5-18)22(17-40-23)26(36)31(27-29-14-15-39-27)21-10-6-19(7-11-21)25(35)30-20-8-9-20/h1-7,10-11,14-15,20,22-23H,8-9,12-13,16-17H2,(H,30,35)(H,33,34). The van der Waals surface area contributed by atoms with Gasteiger partial charge in [-0.2, -0.15) is 0 Å². The lowest BCUT2D eigenvalue weighted by molar-refractivity contribution is -0.137. The Labute approximate surface area is 239 Å². The molecule has 12 heteroatoms. The zero-order valence-electron chi connectivity index (χ0n) is 21.5. The number of benzene rings is 2. The third-order valence-electron chi connectivity index (χ3n) is 6.53. The maximum Gasteiger partial charge on any atom is 0.411 e. The van der Waals surface area contributed by atoms with Crippen molar-refractivity contribution in [3.63, 3.8) is 0 Å². The van der Waals surface area contributed by atoms with E-state index in [1.54, 1.807) is 35.8 Å². The number of aromatic nitrogens is 1. The predicted molar refractivity (Wildman–Crippen MR) is 152 cm³/mol. The Morgan fingerprint density at radius 3 is 2.48 bits per heavy atom. The van der Waals surface area contributed by atoms with Gasteiger partial charge in [0.05, 0.1) is 11.1 Å². The first-order valence-corrected chi connectivity index (χ1v) is 14.8. The van der Waals surface area contributed by atoms with E-state index in [1.165, 1.54) is 32.9 Å². The van der Waals surface area contributed by atoms with Gasteiger partial charge in [0.15, 0.2) is 5.13 Å². The largest absolute Gasteiger partial charge is 0.481 e. The van der Waals surface area contributed by atoms with E-state index in [0.29, 0.717) is 16.4 Å². The van der Waals surface area contributed by atoms with Crippen LogP contribution < -0.4 is 10.2 Å². The van der Waals surface area contributed by atoms with Gasteiger partial charge in [0.25, 0.3) is 11.8 Å². The van der Waals surface area contributed by atoms with E-state index in [-0.39, 0.29) is 37.2 Å². The highest BCUT2D eigenvalue weighted by Crippen LogP contribution is 2.37. The molecule has 0 radical (unpaired) electrons. The number of thioether (sulfide) groups is 1. The molecule has 2 unspecified atom stereocenters. The summed E-state index contributed by atoms with van der Waals surface area (Å²) in [6.45, 7) is 0.0218. The van der Waals surface area contributed by atoms with Crippen molar-refractivity contribution in [2.75, 3.05) is 10.7 Å². The number of hydrogen-bond acceptors (Lipinski definition) is 8. The van der Waals surface area contributed by atoms with E-state index in [4.69, 9.17) is 4.74 Å². The lowest BCUT2D eigenvalue weighted by atomic mass is 10.1. The number of aliphatic carboxylic acids is 1. The van der Waals surface area contributed by atoms with Crippen LogP contribution in [0.25, 0.3) is 0 Å². The van der Waals surface area contributed by atoms with E-state index in [2.05, 4.69) is 10.3 Å². The van der Waals surface area contributed by atoms with Crippen LogP contribution in [0, 0.1) is 0 Å². The molecule has 0 bridgehead atoms. The number of rotatable bonds is 10. The minimum absolute atomic E-state index is 0.0218. The molecule has 0 spiro atoms. The molecule has 2 aliphatic rings. The minimum Gasteiger partial charge on any atom is -0.481 e. The van der Waals surface area contributed by atoms with Crippen LogP contribution in [0.2, 0.25) is 0 Å². The van der Waals surface area contributed by atoms with Gasteiger partial charge in [-0.1, -0.05) is 30.3 Å². The molecule has 5 rings (SSSR count). The highest BCUT2D eigenvalue weighted by Gasteiger charge is 2.45. The van der Waals surface area contributed by atoms with Crippen molar-refractivity contribution in [2.45, 2.75) is 49.7 Å². The second kappa shape index (κ2) is 12.5. The number of amides is 3. The zero-order valence-corrected chi connectivity index (χ0v) is 23.1. The Morgan fingerprint density at radius 2 is 1.82 bits per heavy atom. The summed E-state index contributed by atoms with van der Waals surface area (Å²) in [5.41, 5.74) is 1.78. The average Bonchev–Trinajstić information content (AvgIpc) is 3.43. The Hall–Kier alpha value is -3.90. The molecular formula is C28H28N4O6S2. The van der Waals surface area contributed by atoms with Gasteiger partial charge in [0.1, 0.15) is 12.6 Å². The highest BCUT2D eigenvalue weighted by atomic mass is 32.2. The van der Waals surface area contributed by atoms with Crippen LogP contribution >= 0.6 is 23.1 Å². The summed E-state index contributed by atoms with van der Waals surface area (Å²) in [6.07, 6.45) is 2.88. The second-order valence-corrected chi connectivity index (χ2v) is 11.6. The summed E-state index contributed by atoms with van der Waals surface area (Å²) in [6, 6.07) is 15.2. The van der Waals surface area contributed by atoms with Crippen molar-refractivity contribution in [1.82, 2.24) is 15.2 Å². The summed E-state index contributed by atoms with van der Waals surface area (Å²) < 4.78 is 5.58. The van der Waals surface area contributed by atoms with Crippen LogP contribution in [0.4, 0.5) is 15.6 Å². The first-order valence-electron chi connectivity index (χ1n) is 12.9. The minimum atomic E-state index is -0.983. The van der Waals surface area contributed by atoms with Crippen molar-refractivity contribution >= 4 is 57.8 Å². The maximum absolute atomic E-state index is 14.1. The molecule has 2 heterocycles. The Morgan fingerprint density at radius 1 is 1.07 bits per heavy atom. The topological polar surface area (TPSA) is 129 Å². The Balaban J connectivity index is 1.39.